The van der Waals surface area contributed by atoms with Crippen molar-refractivity contribution in [2.24, 2.45) is 0 Å². The first-order valence-corrected chi connectivity index (χ1v) is 9.78. The van der Waals surface area contributed by atoms with Gasteiger partial charge in [-0.1, -0.05) is 6.07 Å². The number of esters is 1. The van der Waals surface area contributed by atoms with Crippen molar-refractivity contribution in [3.05, 3.63) is 92.5 Å². The van der Waals surface area contributed by atoms with E-state index in [-0.39, 0.29) is 22.6 Å². The molecule has 0 fully saturated rings. The van der Waals surface area contributed by atoms with Gasteiger partial charge in [-0.3, -0.25) is 0 Å². The lowest BCUT2D eigenvalue weighted by atomic mass is 9.73. The number of aromatic hydroxyl groups is 2. The molecule has 0 radical (unpaired) electrons. The summed E-state index contributed by atoms with van der Waals surface area (Å²) in [7, 11) is 0. The normalized spacial score (nSPS) is 14.3. The Morgan fingerprint density at radius 2 is 1.26 bits per heavy atom. The summed E-state index contributed by atoms with van der Waals surface area (Å²) >= 11 is 0. The Morgan fingerprint density at radius 3 is 1.68 bits per heavy atom. The van der Waals surface area contributed by atoms with E-state index in [1.165, 1.54) is 12.1 Å². The molecule has 3 N–H and O–H groups in total. The summed E-state index contributed by atoms with van der Waals surface area (Å²) in [5.74, 6) is -1.57. The highest BCUT2D eigenvalue weighted by Crippen LogP contribution is 2.52. The van der Waals surface area contributed by atoms with Crippen LogP contribution >= 0.6 is 0 Å². The van der Waals surface area contributed by atoms with Gasteiger partial charge in [0.25, 0.3) is 0 Å². The van der Waals surface area contributed by atoms with Gasteiger partial charge in [-0.25, -0.2) is 9.59 Å². The molecule has 1 heterocycles. The Bertz CT molecular complexity index is 1170. The average molecular weight is 418 g/mol. The van der Waals surface area contributed by atoms with Crippen molar-refractivity contribution in [2.75, 3.05) is 0 Å². The second kappa shape index (κ2) is 6.87. The molecular formula is C25H22O6. The third kappa shape index (κ3) is 2.94. The van der Waals surface area contributed by atoms with Crippen LogP contribution in [0.15, 0.2) is 42.5 Å². The third-order valence-corrected chi connectivity index (χ3v) is 5.85. The van der Waals surface area contributed by atoms with Gasteiger partial charge in [0.15, 0.2) is 5.60 Å². The van der Waals surface area contributed by atoms with Crippen LogP contribution in [-0.4, -0.2) is 27.3 Å². The highest BCUT2D eigenvalue weighted by atomic mass is 16.6. The number of cyclic esters (lactones) is 1. The van der Waals surface area contributed by atoms with Gasteiger partial charge in [0.05, 0.1) is 11.1 Å². The van der Waals surface area contributed by atoms with Crippen molar-refractivity contribution in [2.45, 2.75) is 33.3 Å². The van der Waals surface area contributed by atoms with E-state index in [2.05, 4.69) is 0 Å². The number of carbonyl (C=O) groups is 2. The number of hydrogen-bond donors (Lipinski definition) is 3. The van der Waals surface area contributed by atoms with E-state index in [0.29, 0.717) is 38.9 Å². The number of benzene rings is 3. The van der Waals surface area contributed by atoms with Gasteiger partial charge in [0, 0.05) is 16.7 Å². The van der Waals surface area contributed by atoms with E-state index in [1.54, 1.807) is 30.3 Å². The molecule has 1 aliphatic heterocycles. The number of phenols is 2. The first-order valence-electron chi connectivity index (χ1n) is 9.78. The molecule has 0 bridgehead atoms. The summed E-state index contributed by atoms with van der Waals surface area (Å²) in [5, 5.41) is 29.6. The number of ether oxygens (including phenoxy) is 1. The Hall–Kier alpha value is -3.80. The summed E-state index contributed by atoms with van der Waals surface area (Å²) in [6.07, 6.45) is 0. The van der Waals surface area contributed by atoms with Crippen LogP contribution < -0.4 is 0 Å². The second-order valence-corrected chi connectivity index (χ2v) is 8.05. The zero-order chi connectivity index (χ0) is 22.7. The number of hydrogen-bond acceptors (Lipinski definition) is 5. The minimum atomic E-state index is -1.35. The lowest BCUT2D eigenvalue weighted by molar-refractivity contribution is 0.0245. The SMILES string of the molecule is Cc1cc(O)cc(C)c1C1(c2c(C)cc(O)cc2C)OC(=O)c2cc(C(=O)O)ccc21. The minimum absolute atomic E-state index is 0.00944. The topological polar surface area (TPSA) is 104 Å². The van der Waals surface area contributed by atoms with Crippen molar-refractivity contribution in [1.29, 1.82) is 0 Å². The minimum Gasteiger partial charge on any atom is -0.508 e. The molecule has 0 unspecified atom stereocenters. The maximum atomic E-state index is 13.1. The fourth-order valence-electron chi connectivity index (χ4n) is 4.89. The molecule has 0 aliphatic carbocycles. The maximum absolute atomic E-state index is 13.1. The van der Waals surface area contributed by atoms with E-state index < -0.39 is 17.5 Å². The number of carboxylic acids is 1. The highest BCUT2D eigenvalue weighted by molar-refractivity contribution is 5.99. The highest BCUT2D eigenvalue weighted by Gasteiger charge is 2.51. The number of carboxylic acid groups (broad SMARTS) is 1. The van der Waals surface area contributed by atoms with Gasteiger partial charge in [-0.2, -0.15) is 0 Å². The van der Waals surface area contributed by atoms with Gasteiger partial charge >= 0.3 is 11.9 Å². The average Bonchev–Trinajstić information content (AvgIpc) is 2.92. The van der Waals surface area contributed by atoms with Crippen molar-refractivity contribution < 1.29 is 29.6 Å². The Kier molecular flexibility index (Phi) is 4.54. The van der Waals surface area contributed by atoms with Crippen molar-refractivity contribution >= 4 is 11.9 Å². The summed E-state index contributed by atoms with van der Waals surface area (Å²) in [6.45, 7) is 7.30. The van der Waals surface area contributed by atoms with Gasteiger partial charge in [0.2, 0.25) is 0 Å². The molecule has 4 rings (SSSR count). The second-order valence-electron chi connectivity index (χ2n) is 8.05. The van der Waals surface area contributed by atoms with Crippen molar-refractivity contribution in [3.8, 4) is 11.5 Å². The van der Waals surface area contributed by atoms with Crippen LogP contribution in [0.4, 0.5) is 0 Å². The van der Waals surface area contributed by atoms with E-state index in [4.69, 9.17) is 4.74 Å². The zero-order valence-corrected chi connectivity index (χ0v) is 17.6. The third-order valence-electron chi connectivity index (χ3n) is 5.85. The number of aryl methyl sites for hydroxylation is 4. The molecule has 0 saturated heterocycles. The predicted octanol–water partition coefficient (Wildman–Crippen LogP) is 4.49. The van der Waals surface area contributed by atoms with Crippen LogP contribution in [0.2, 0.25) is 0 Å². The molecule has 31 heavy (non-hydrogen) atoms. The number of phenolic OH excluding ortho intramolecular Hbond substituents is 2. The molecule has 6 heteroatoms. The van der Waals surface area contributed by atoms with E-state index >= 15 is 0 Å². The van der Waals surface area contributed by atoms with Crippen LogP contribution in [0.5, 0.6) is 11.5 Å². The molecule has 0 atom stereocenters. The standard InChI is InChI=1S/C25H22O6/c1-12-7-17(26)8-13(2)21(12)25(22-14(3)9-18(27)10-15(22)4)20-6-5-16(23(28)29)11-19(20)24(30)31-25/h5-11,26-27H,1-4H3,(H,28,29). The zero-order valence-electron chi connectivity index (χ0n) is 17.6. The summed E-state index contributed by atoms with van der Waals surface area (Å²) in [6, 6.07) is 10.8. The van der Waals surface area contributed by atoms with Crippen LogP contribution in [0.1, 0.15) is 59.7 Å². The fourth-order valence-corrected chi connectivity index (χ4v) is 4.89. The van der Waals surface area contributed by atoms with Crippen molar-refractivity contribution in [3.63, 3.8) is 0 Å². The van der Waals surface area contributed by atoms with Crippen LogP contribution in [0.3, 0.4) is 0 Å². The number of carbonyl (C=O) groups excluding carboxylic acids is 1. The smallest absolute Gasteiger partial charge is 0.340 e. The molecule has 1 aliphatic rings. The Morgan fingerprint density at radius 1 is 0.806 bits per heavy atom. The van der Waals surface area contributed by atoms with Gasteiger partial charge in [0.1, 0.15) is 11.5 Å². The van der Waals surface area contributed by atoms with Gasteiger partial charge in [-0.05, 0) is 86.3 Å². The van der Waals surface area contributed by atoms with E-state index in [1.807, 2.05) is 27.7 Å². The van der Waals surface area contributed by atoms with Crippen LogP contribution in [-0.2, 0) is 10.3 Å². The molecule has 6 nitrogen and oxygen atoms in total. The van der Waals surface area contributed by atoms with E-state index in [9.17, 15) is 24.9 Å². The molecule has 3 aromatic rings. The Balaban J connectivity index is 2.18. The lowest BCUT2D eigenvalue weighted by Gasteiger charge is -2.35. The first kappa shape index (κ1) is 20.5. The fraction of sp³-hybridized carbons (Fsp3) is 0.200. The molecule has 3 aromatic carbocycles. The lowest BCUT2D eigenvalue weighted by Crippen LogP contribution is -2.33. The van der Waals surface area contributed by atoms with Crippen LogP contribution in [0, 0.1) is 27.7 Å². The maximum Gasteiger partial charge on any atom is 0.340 e. The number of rotatable bonds is 3. The molecule has 0 spiro atoms. The summed E-state index contributed by atoms with van der Waals surface area (Å²) < 4.78 is 6.13. The molecule has 0 aromatic heterocycles. The molecule has 158 valence electrons. The molecule has 0 amide bonds. The predicted molar refractivity (Wildman–Crippen MR) is 114 cm³/mol. The first-order chi connectivity index (χ1) is 14.6. The van der Waals surface area contributed by atoms with E-state index in [0.717, 1.165) is 0 Å². The number of fused-ring (bicyclic) bond motifs is 1. The largest absolute Gasteiger partial charge is 0.508 e. The quantitative estimate of drug-likeness (QED) is 0.542. The summed E-state index contributed by atoms with van der Waals surface area (Å²) in [4.78, 5) is 24.6. The van der Waals surface area contributed by atoms with Gasteiger partial charge < -0.3 is 20.1 Å². The number of aromatic carboxylic acids is 1. The van der Waals surface area contributed by atoms with Crippen LogP contribution in [0.25, 0.3) is 0 Å². The summed E-state index contributed by atoms with van der Waals surface area (Å²) in [5.41, 5.74) is 3.58. The molecule has 0 saturated carbocycles. The van der Waals surface area contributed by atoms with Crippen molar-refractivity contribution in [1.82, 2.24) is 0 Å². The Labute approximate surface area is 179 Å². The van der Waals surface area contributed by atoms with Gasteiger partial charge in [-0.15, -0.1) is 0 Å². The monoisotopic (exact) mass is 418 g/mol. The molecular weight excluding hydrogens is 396 g/mol.